The monoisotopic (exact) mass is 871 g/mol. The molecule has 0 heterocycles. The molecular weight excluding hydrogens is 808 g/mol. The summed E-state index contributed by atoms with van der Waals surface area (Å²) in [6.07, 6.45) is 5.03. The molecule has 0 aromatic heterocycles. The molecule has 0 radical (unpaired) electrons. The Morgan fingerprint density at radius 3 is 1.45 bits per heavy atom. The van der Waals surface area contributed by atoms with Crippen LogP contribution in [-0.4, -0.2) is 41.0 Å². The molecule has 3 rings (SSSR count). The van der Waals surface area contributed by atoms with Crippen LogP contribution in [0.3, 0.4) is 0 Å². The third-order valence-corrected chi connectivity index (χ3v) is 12.0. The summed E-state index contributed by atoms with van der Waals surface area (Å²) < 4.78 is 72.6. The Morgan fingerprint density at radius 2 is 1.05 bits per heavy atom. The summed E-state index contributed by atoms with van der Waals surface area (Å²) in [4.78, 5) is 33.5. The first-order valence-electron chi connectivity index (χ1n) is 19.5. The molecule has 0 aliphatic rings. The van der Waals surface area contributed by atoms with Crippen molar-refractivity contribution in [1.82, 2.24) is 4.72 Å². The van der Waals surface area contributed by atoms with Crippen molar-refractivity contribution in [3.8, 4) is 0 Å². The summed E-state index contributed by atoms with van der Waals surface area (Å²) in [5.41, 5.74) is 8.15. The summed E-state index contributed by atoms with van der Waals surface area (Å²) in [6.45, 7) is 28.0. The maximum Gasteiger partial charge on any atom is 0.145 e. The van der Waals surface area contributed by atoms with Crippen LogP contribution in [0.15, 0.2) is 84.3 Å². The molecule has 0 bridgehead atoms. The minimum atomic E-state index is -1.44. The number of carbonyl (C=O) groups excluding carboxylic acids is 3. The quantitative estimate of drug-likeness (QED) is 0.109. The van der Waals surface area contributed by atoms with Gasteiger partial charge in [0.05, 0.1) is 31.7 Å². The largest absolute Gasteiger partial charge is 0.321 e. The van der Waals surface area contributed by atoms with Crippen LogP contribution in [0.1, 0.15) is 129 Å². The fourth-order valence-electron chi connectivity index (χ4n) is 5.62. The third kappa shape index (κ3) is 17.8. The number of carbonyl (C=O) groups is 3. The highest BCUT2D eigenvalue weighted by atomic mass is 32.2. The van der Waals surface area contributed by atoms with E-state index in [2.05, 4.69) is 22.3 Å². The molecule has 0 spiro atoms. The van der Waals surface area contributed by atoms with E-state index in [1.54, 1.807) is 69.3 Å². The topological polar surface area (TPSA) is 136 Å². The Labute approximate surface area is 361 Å². The van der Waals surface area contributed by atoms with E-state index < -0.39 is 48.4 Å². The number of nitrogens with zero attached hydrogens (tertiary/aromatic N) is 1. The molecule has 3 aromatic rings. The Balaban J connectivity index is 0.000000455. The number of nitrogens with two attached hydrogens (primary N) is 1. The van der Waals surface area contributed by atoms with Gasteiger partial charge >= 0.3 is 0 Å². The number of hydrogen-bond donors (Lipinski definition) is 2. The highest BCUT2D eigenvalue weighted by Crippen LogP contribution is 2.31. The Kier molecular flexibility index (Phi) is 20.8. The molecule has 3 N–H and O–H groups in total. The normalized spacial score (nSPS) is 14.8. The molecule has 60 heavy (non-hydrogen) atoms. The summed E-state index contributed by atoms with van der Waals surface area (Å²) in [5, 5.41) is 0. The van der Waals surface area contributed by atoms with Gasteiger partial charge in [-0.25, -0.2) is 26.3 Å². The zero-order valence-corrected chi connectivity index (χ0v) is 38.9. The maximum absolute atomic E-state index is 14.4. The lowest BCUT2D eigenvalue weighted by molar-refractivity contribution is -0.117. The molecule has 0 saturated carbocycles. The summed E-state index contributed by atoms with van der Waals surface area (Å²) >= 11 is 0. The van der Waals surface area contributed by atoms with Crippen LogP contribution >= 0.6 is 0 Å². The molecule has 330 valence electrons. The molecule has 4 atom stereocenters. The lowest BCUT2D eigenvalue weighted by Gasteiger charge is -2.33. The van der Waals surface area contributed by atoms with Gasteiger partial charge in [-0.3, -0.25) is 14.4 Å². The van der Waals surface area contributed by atoms with Gasteiger partial charge in [-0.2, -0.15) is 4.40 Å². The van der Waals surface area contributed by atoms with Gasteiger partial charge in [0, 0.05) is 41.5 Å². The van der Waals surface area contributed by atoms with Crippen molar-refractivity contribution >= 4 is 45.0 Å². The van der Waals surface area contributed by atoms with Gasteiger partial charge in [-0.1, -0.05) is 42.5 Å². The Hall–Kier alpha value is -4.17. The van der Waals surface area contributed by atoms with Gasteiger partial charge < -0.3 is 5.73 Å². The number of nitrogens with one attached hydrogen (secondary N) is 1. The molecule has 0 saturated heterocycles. The second-order valence-corrected chi connectivity index (χ2v) is 21.2. The number of ketones is 3. The van der Waals surface area contributed by atoms with Crippen molar-refractivity contribution in [2.45, 2.75) is 136 Å². The van der Waals surface area contributed by atoms with Gasteiger partial charge in [0.2, 0.25) is 0 Å². The van der Waals surface area contributed by atoms with E-state index in [9.17, 15) is 36.0 Å². The van der Waals surface area contributed by atoms with Crippen molar-refractivity contribution in [1.29, 1.82) is 0 Å². The smallest absolute Gasteiger partial charge is 0.145 e. The molecular formula is C47H64F3N3O5S2. The number of hydrogen-bond acceptors (Lipinski definition) is 6. The highest BCUT2D eigenvalue weighted by Gasteiger charge is 2.34. The number of Topliss-reactive ketones (excluding diaryl/α,β-unsaturated/α-hetero) is 3. The van der Waals surface area contributed by atoms with Crippen molar-refractivity contribution in [2.75, 3.05) is 0 Å². The first-order valence-corrected chi connectivity index (χ1v) is 21.8. The maximum atomic E-state index is 14.4. The van der Waals surface area contributed by atoms with Crippen LogP contribution in [0.5, 0.6) is 0 Å². The fraction of sp³-hybridized carbons (Fsp3) is 0.447. The summed E-state index contributed by atoms with van der Waals surface area (Å²) in [6, 6.07) is 13.8. The molecule has 1 unspecified atom stereocenters. The van der Waals surface area contributed by atoms with Crippen molar-refractivity contribution in [3.05, 3.63) is 131 Å². The van der Waals surface area contributed by atoms with Crippen LogP contribution in [0.4, 0.5) is 13.2 Å². The molecule has 0 fully saturated rings. The zero-order valence-electron chi connectivity index (χ0n) is 37.3. The SMILES string of the molecule is C=CC[C@](C)(N)c1cc(CC(C)=O)ccc1F.C=CC[C@](C)(NS(=O)C(C)(C)C)c1cc(CC(C)=O)ccc1F.CC(=O)Cc1ccc(F)c(C(C)=N[S@](=O)C(C)(C)C)c1. The van der Waals surface area contributed by atoms with Gasteiger partial charge in [0.15, 0.2) is 0 Å². The lowest BCUT2D eigenvalue weighted by Crippen LogP contribution is -2.46. The Bertz CT molecular complexity index is 2100. The molecule has 0 amide bonds. The molecule has 0 aliphatic heterocycles. The zero-order chi connectivity index (χ0) is 46.4. The minimum Gasteiger partial charge on any atom is -0.321 e. The third-order valence-electron chi connectivity index (χ3n) is 8.79. The second-order valence-electron chi connectivity index (χ2n) is 17.3. The fourth-order valence-corrected chi connectivity index (χ4v) is 7.15. The van der Waals surface area contributed by atoms with Crippen molar-refractivity contribution < 1.29 is 36.0 Å². The first kappa shape index (κ1) is 53.8. The summed E-state index contributed by atoms with van der Waals surface area (Å²) in [5.74, 6) is -1.09. The number of halogens is 3. The average Bonchev–Trinajstić information content (AvgIpc) is 3.09. The molecule has 13 heteroatoms. The van der Waals surface area contributed by atoms with E-state index in [1.807, 2.05) is 41.5 Å². The highest BCUT2D eigenvalue weighted by molar-refractivity contribution is 7.85. The van der Waals surface area contributed by atoms with Gasteiger partial charge in [0.25, 0.3) is 0 Å². The number of rotatable bonds is 16. The molecule has 3 aromatic carbocycles. The van der Waals surface area contributed by atoms with E-state index >= 15 is 0 Å². The van der Waals surface area contributed by atoms with Gasteiger partial charge in [-0.15, -0.1) is 13.2 Å². The van der Waals surface area contributed by atoms with Gasteiger partial charge in [0.1, 0.15) is 45.8 Å². The molecule has 0 aliphatic carbocycles. The predicted octanol–water partition coefficient (Wildman–Crippen LogP) is 9.74. The number of benzene rings is 3. The van der Waals surface area contributed by atoms with Crippen LogP contribution in [0.25, 0.3) is 0 Å². The van der Waals surface area contributed by atoms with Crippen LogP contribution < -0.4 is 10.5 Å². The van der Waals surface area contributed by atoms with Crippen LogP contribution in [0.2, 0.25) is 0 Å². The lowest BCUT2D eigenvalue weighted by atomic mass is 9.87. The van der Waals surface area contributed by atoms with Crippen molar-refractivity contribution in [3.63, 3.8) is 0 Å². The van der Waals surface area contributed by atoms with Crippen LogP contribution in [0, 0.1) is 17.5 Å². The minimum absolute atomic E-state index is 0.00965. The van der Waals surface area contributed by atoms with Crippen LogP contribution in [-0.2, 0) is 66.7 Å². The summed E-state index contributed by atoms with van der Waals surface area (Å²) in [7, 11) is -2.80. The van der Waals surface area contributed by atoms with Gasteiger partial charge in [-0.05, 0) is 137 Å². The van der Waals surface area contributed by atoms with E-state index in [0.29, 0.717) is 41.7 Å². The van der Waals surface area contributed by atoms with E-state index in [0.717, 1.165) is 16.7 Å². The average molecular weight is 872 g/mol. The predicted molar refractivity (Wildman–Crippen MR) is 242 cm³/mol. The van der Waals surface area contributed by atoms with E-state index in [-0.39, 0.29) is 41.8 Å². The Morgan fingerprint density at radius 1 is 0.650 bits per heavy atom. The van der Waals surface area contributed by atoms with Crippen molar-refractivity contribution in [2.24, 2.45) is 10.1 Å². The second kappa shape index (κ2) is 23.2. The standard InChI is InChI=1S/C18H26FNO2S.C15H20FNO2S.C14H18FNO/c1-7-10-18(6,20-23(22)17(3,4)5)15-12-14(11-13(2)21)8-9-16(15)19;1-10(18)8-12-6-7-14(16)13(9-12)11(2)17-20(19)15(3,4)5;1-4-7-14(3,16)12-9-11(8-10(2)17)5-6-13(12)15/h7-9,12,20H,1,10-11H2,2-6H3;6-7,9H,8H2,1-5H3;4-6,9H,1,7-8,16H2,2-3H3/t18-,23?;20-;14-/m010/s1. The first-order chi connectivity index (χ1) is 27.5. The van der Waals surface area contributed by atoms with E-state index in [1.165, 1.54) is 39.0 Å². The molecule has 8 nitrogen and oxygen atoms in total. The van der Waals surface area contributed by atoms with E-state index in [4.69, 9.17) is 5.73 Å².